The number of nitrogens with zero attached hydrogens (tertiary/aromatic N) is 3. The molecule has 5 heteroatoms. The first-order chi connectivity index (χ1) is 10.8. The van der Waals surface area contributed by atoms with Gasteiger partial charge in [-0.25, -0.2) is 0 Å². The van der Waals surface area contributed by atoms with Crippen LogP contribution in [0.25, 0.3) is 12.2 Å². The smallest absolute Gasteiger partial charge is 0.240 e. The number of benzene rings is 1. The van der Waals surface area contributed by atoms with Crippen molar-refractivity contribution in [2.24, 2.45) is 0 Å². The minimum atomic E-state index is 0.456. The van der Waals surface area contributed by atoms with Crippen LogP contribution in [0.15, 0.2) is 53.1 Å². The van der Waals surface area contributed by atoms with Crippen LogP contribution in [0.1, 0.15) is 23.0 Å². The summed E-state index contributed by atoms with van der Waals surface area (Å²) in [4.78, 5) is 4.22. The van der Waals surface area contributed by atoms with E-state index in [0.29, 0.717) is 18.4 Å². The summed E-state index contributed by atoms with van der Waals surface area (Å²) in [7, 11) is 0. The van der Waals surface area contributed by atoms with Crippen LogP contribution in [0.4, 0.5) is 0 Å². The third kappa shape index (κ3) is 3.79. The molecule has 110 valence electrons. The Morgan fingerprint density at radius 1 is 1.05 bits per heavy atom. The largest absolute Gasteiger partial charge is 0.487 e. The molecule has 0 bridgehead atoms. The second kappa shape index (κ2) is 6.67. The molecule has 2 heterocycles. The van der Waals surface area contributed by atoms with Crippen molar-refractivity contribution in [3.05, 3.63) is 71.7 Å². The lowest BCUT2D eigenvalue weighted by molar-refractivity contribution is 0.301. The van der Waals surface area contributed by atoms with Crippen LogP contribution in [-0.2, 0) is 6.61 Å². The van der Waals surface area contributed by atoms with Gasteiger partial charge in [-0.15, -0.1) is 10.2 Å². The molecule has 0 atom stereocenters. The Morgan fingerprint density at radius 3 is 2.59 bits per heavy atom. The van der Waals surface area contributed by atoms with Crippen molar-refractivity contribution in [1.82, 2.24) is 15.2 Å². The zero-order valence-corrected chi connectivity index (χ0v) is 12.1. The Hall–Kier alpha value is -2.95. The third-order valence-electron chi connectivity index (χ3n) is 2.95. The van der Waals surface area contributed by atoms with Gasteiger partial charge in [0.15, 0.2) is 0 Å². The summed E-state index contributed by atoms with van der Waals surface area (Å²) in [5.41, 5.74) is 1.93. The van der Waals surface area contributed by atoms with Crippen LogP contribution >= 0.6 is 0 Å². The molecule has 0 fully saturated rings. The van der Waals surface area contributed by atoms with Gasteiger partial charge in [-0.1, -0.05) is 18.2 Å². The van der Waals surface area contributed by atoms with E-state index in [-0.39, 0.29) is 0 Å². The highest BCUT2D eigenvalue weighted by atomic mass is 16.5. The molecule has 0 radical (unpaired) electrons. The fraction of sp³-hybridized carbons (Fsp3) is 0.118. The topological polar surface area (TPSA) is 61.0 Å². The molecule has 0 spiro atoms. The Labute approximate surface area is 128 Å². The van der Waals surface area contributed by atoms with Gasteiger partial charge >= 0.3 is 0 Å². The number of ether oxygens (including phenoxy) is 1. The second-order valence-electron chi connectivity index (χ2n) is 4.67. The number of rotatable bonds is 5. The average Bonchev–Trinajstić information content (AvgIpc) is 2.98. The number of pyridine rings is 1. The van der Waals surface area contributed by atoms with E-state index in [1.54, 1.807) is 19.2 Å². The van der Waals surface area contributed by atoms with Crippen molar-refractivity contribution >= 4 is 12.2 Å². The molecular formula is C17H15N3O2. The van der Waals surface area contributed by atoms with E-state index in [2.05, 4.69) is 15.2 Å². The minimum Gasteiger partial charge on any atom is -0.487 e. The van der Waals surface area contributed by atoms with Gasteiger partial charge in [-0.05, 0) is 35.9 Å². The van der Waals surface area contributed by atoms with Crippen LogP contribution < -0.4 is 4.74 Å². The Kier molecular flexibility index (Phi) is 4.25. The quantitative estimate of drug-likeness (QED) is 0.720. The molecule has 22 heavy (non-hydrogen) atoms. The Balaban J connectivity index is 1.59. The molecule has 0 amide bonds. The summed E-state index contributed by atoms with van der Waals surface area (Å²) in [5.74, 6) is 1.85. The summed E-state index contributed by atoms with van der Waals surface area (Å²) in [5, 5.41) is 7.68. The molecule has 5 nitrogen and oxygen atoms in total. The van der Waals surface area contributed by atoms with E-state index in [9.17, 15) is 0 Å². The highest BCUT2D eigenvalue weighted by Crippen LogP contribution is 2.15. The zero-order chi connectivity index (χ0) is 15.2. The number of aromatic nitrogens is 3. The Morgan fingerprint density at radius 2 is 1.91 bits per heavy atom. The summed E-state index contributed by atoms with van der Waals surface area (Å²) in [6.07, 6.45) is 5.45. The van der Waals surface area contributed by atoms with E-state index in [1.807, 2.05) is 48.5 Å². The maximum atomic E-state index is 5.69. The standard InChI is InChI=1S/C17H15N3O2/c1-13-19-20-17(22-13)10-7-14-5-8-16(9-6-14)21-12-15-4-2-3-11-18-15/h2-11H,12H2,1H3/b10-7+. The molecule has 1 aromatic carbocycles. The molecule has 0 unspecified atom stereocenters. The van der Waals surface area contributed by atoms with E-state index in [4.69, 9.17) is 9.15 Å². The molecule has 0 aliphatic carbocycles. The zero-order valence-electron chi connectivity index (χ0n) is 12.1. The van der Waals surface area contributed by atoms with Crippen molar-refractivity contribution in [2.45, 2.75) is 13.5 Å². The van der Waals surface area contributed by atoms with Crippen LogP contribution in [0, 0.1) is 6.92 Å². The van der Waals surface area contributed by atoms with Crippen LogP contribution in [0.2, 0.25) is 0 Å². The van der Waals surface area contributed by atoms with Gasteiger partial charge in [0.1, 0.15) is 12.4 Å². The first kappa shape index (κ1) is 14.0. The fourth-order valence-electron chi connectivity index (χ4n) is 1.86. The van der Waals surface area contributed by atoms with Crippen molar-refractivity contribution in [2.75, 3.05) is 0 Å². The van der Waals surface area contributed by atoms with Crippen molar-refractivity contribution < 1.29 is 9.15 Å². The molecule has 0 N–H and O–H groups in total. The van der Waals surface area contributed by atoms with E-state index in [0.717, 1.165) is 17.0 Å². The molecule has 3 rings (SSSR count). The first-order valence-corrected chi connectivity index (χ1v) is 6.90. The van der Waals surface area contributed by atoms with E-state index < -0.39 is 0 Å². The van der Waals surface area contributed by atoms with Gasteiger partial charge in [-0.2, -0.15) is 0 Å². The van der Waals surface area contributed by atoms with Crippen LogP contribution in [0.3, 0.4) is 0 Å². The van der Waals surface area contributed by atoms with Crippen molar-refractivity contribution in [3.8, 4) is 5.75 Å². The predicted molar refractivity (Wildman–Crippen MR) is 83.0 cm³/mol. The monoisotopic (exact) mass is 293 g/mol. The summed E-state index contributed by atoms with van der Waals surface area (Å²) >= 11 is 0. The minimum absolute atomic E-state index is 0.456. The lowest BCUT2D eigenvalue weighted by Gasteiger charge is -2.05. The molecule has 0 saturated carbocycles. The van der Waals surface area contributed by atoms with Gasteiger partial charge in [0.2, 0.25) is 11.8 Å². The molecule has 3 aromatic rings. The van der Waals surface area contributed by atoms with Gasteiger partial charge in [0.05, 0.1) is 5.69 Å². The summed E-state index contributed by atoms with van der Waals surface area (Å²) in [6, 6.07) is 13.5. The normalized spacial score (nSPS) is 11.0. The molecular weight excluding hydrogens is 278 g/mol. The molecule has 0 aliphatic heterocycles. The summed E-state index contributed by atoms with van der Waals surface area (Å²) in [6.45, 7) is 2.22. The average molecular weight is 293 g/mol. The highest BCUT2D eigenvalue weighted by molar-refractivity contribution is 5.66. The third-order valence-corrected chi connectivity index (χ3v) is 2.95. The SMILES string of the molecule is Cc1nnc(/C=C/c2ccc(OCc3ccccn3)cc2)o1. The highest BCUT2D eigenvalue weighted by Gasteiger charge is 1.98. The lowest BCUT2D eigenvalue weighted by atomic mass is 10.2. The molecule has 2 aromatic heterocycles. The summed E-state index contributed by atoms with van der Waals surface area (Å²) < 4.78 is 11.0. The van der Waals surface area contributed by atoms with Gasteiger partial charge in [-0.3, -0.25) is 4.98 Å². The van der Waals surface area contributed by atoms with Crippen LogP contribution in [0.5, 0.6) is 5.75 Å². The number of aryl methyl sites for hydroxylation is 1. The first-order valence-electron chi connectivity index (χ1n) is 6.90. The second-order valence-corrected chi connectivity index (χ2v) is 4.67. The van der Waals surface area contributed by atoms with Gasteiger partial charge < -0.3 is 9.15 Å². The Bertz CT molecular complexity index is 749. The molecule has 0 aliphatic rings. The predicted octanol–water partition coefficient (Wildman–Crippen LogP) is 3.52. The number of hydrogen-bond donors (Lipinski definition) is 0. The lowest BCUT2D eigenvalue weighted by Crippen LogP contribution is -1.97. The maximum Gasteiger partial charge on any atom is 0.240 e. The molecule has 0 saturated heterocycles. The van der Waals surface area contributed by atoms with Gasteiger partial charge in [0, 0.05) is 19.2 Å². The van der Waals surface area contributed by atoms with Crippen LogP contribution in [-0.4, -0.2) is 15.2 Å². The van der Waals surface area contributed by atoms with Gasteiger partial charge in [0.25, 0.3) is 0 Å². The van der Waals surface area contributed by atoms with E-state index in [1.165, 1.54) is 0 Å². The maximum absolute atomic E-state index is 5.69. The van der Waals surface area contributed by atoms with E-state index >= 15 is 0 Å². The fourth-order valence-corrected chi connectivity index (χ4v) is 1.86. The van der Waals surface area contributed by atoms with Crippen molar-refractivity contribution in [1.29, 1.82) is 0 Å². The van der Waals surface area contributed by atoms with Crippen molar-refractivity contribution in [3.63, 3.8) is 0 Å². The number of hydrogen-bond acceptors (Lipinski definition) is 5.